The molecular formula is C13H11N5OS. The number of carbonyl (C=O) groups excluding carboxylic acids is 1. The van der Waals surface area contributed by atoms with Gasteiger partial charge in [0.15, 0.2) is 0 Å². The average molecular weight is 285 g/mol. The Balaban J connectivity index is 1.65. The fraction of sp³-hybridized carbons (Fsp3) is 0. The van der Waals surface area contributed by atoms with Crippen LogP contribution in [0.2, 0.25) is 0 Å². The van der Waals surface area contributed by atoms with Crippen molar-refractivity contribution < 1.29 is 4.79 Å². The Labute approximate surface area is 119 Å². The Hall–Kier alpha value is -2.67. The topological polar surface area (TPSA) is 71.8 Å². The Kier molecular flexibility index (Phi) is 3.42. The van der Waals surface area contributed by atoms with E-state index in [1.807, 2.05) is 23.6 Å². The molecule has 100 valence electrons. The zero-order chi connectivity index (χ0) is 13.8. The summed E-state index contributed by atoms with van der Waals surface area (Å²) >= 11 is 1.46. The number of amides is 2. The highest BCUT2D eigenvalue weighted by molar-refractivity contribution is 7.14. The Bertz CT molecular complexity index is 676. The summed E-state index contributed by atoms with van der Waals surface area (Å²) in [5.74, 6) is 0.742. The zero-order valence-corrected chi connectivity index (χ0v) is 11.2. The number of nitrogens with one attached hydrogen (secondary N) is 2. The van der Waals surface area contributed by atoms with Crippen LogP contribution in [0.1, 0.15) is 0 Å². The molecule has 0 bridgehead atoms. The van der Waals surface area contributed by atoms with E-state index in [2.05, 4.69) is 20.6 Å². The maximum Gasteiger partial charge on any atom is 0.324 e. The van der Waals surface area contributed by atoms with E-state index in [0.717, 1.165) is 10.8 Å². The summed E-state index contributed by atoms with van der Waals surface area (Å²) in [7, 11) is 0. The minimum absolute atomic E-state index is 0.287. The molecule has 3 heterocycles. The quantitative estimate of drug-likeness (QED) is 0.777. The highest BCUT2D eigenvalue weighted by Gasteiger charge is 2.04. The molecule has 20 heavy (non-hydrogen) atoms. The molecule has 0 aliphatic carbocycles. The largest absolute Gasteiger partial charge is 0.324 e. The normalized spacial score (nSPS) is 10.2. The van der Waals surface area contributed by atoms with Crippen LogP contribution in [-0.2, 0) is 0 Å². The number of urea groups is 1. The summed E-state index contributed by atoms with van der Waals surface area (Å²) in [6.45, 7) is 0. The predicted octanol–water partition coefficient (Wildman–Crippen LogP) is 2.97. The highest BCUT2D eigenvalue weighted by Crippen LogP contribution is 2.15. The lowest BCUT2D eigenvalue weighted by molar-refractivity contribution is 0.262. The summed E-state index contributed by atoms with van der Waals surface area (Å²) in [5.41, 5.74) is 0.628. The van der Waals surface area contributed by atoms with Crippen molar-refractivity contribution >= 4 is 28.1 Å². The first-order valence-electron chi connectivity index (χ1n) is 5.87. The number of aromatic nitrogens is 3. The first-order chi connectivity index (χ1) is 9.81. The van der Waals surface area contributed by atoms with Crippen LogP contribution < -0.4 is 10.6 Å². The number of carbonyl (C=O) groups is 1. The molecule has 2 amide bonds. The lowest BCUT2D eigenvalue weighted by Crippen LogP contribution is -2.18. The second-order valence-electron chi connectivity index (χ2n) is 3.93. The molecule has 3 rings (SSSR count). The van der Waals surface area contributed by atoms with Crippen LogP contribution >= 0.6 is 11.3 Å². The standard InChI is InChI=1S/C13H11N5OS/c19-13(17-12-2-1-7-20-12)16-10-3-4-11(15-8-10)18-6-5-14-9-18/h1-9H,(H2,16,17,19). The molecule has 7 heteroatoms. The van der Waals surface area contributed by atoms with Crippen LogP contribution in [0.5, 0.6) is 0 Å². The van der Waals surface area contributed by atoms with Gasteiger partial charge < -0.3 is 5.32 Å². The van der Waals surface area contributed by atoms with Gasteiger partial charge in [0.05, 0.1) is 16.9 Å². The van der Waals surface area contributed by atoms with E-state index < -0.39 is 0 Å². The van der Waals surface area contributed by atoms with Gasteiger partial charge in [-0.15, -0.1) is 11.3 Å². The minimum Gasteiger partial charge on any atom is -0.306 e. The molecule has 0 saturated carbocycles. The van der Waals surface area contributed by atoms with Gasteiger partial charge in [-0.05, 0) is 29.6 Å². The van der Waals surface area contributed by atoms with Crippen molar-refractivity contribution in [1.82, 2.24) is 14.5 Å². The number of nitrogens with zero attached hydrogens (tertiary/aromatic N) is 3. The smallest absolute Gasteiger partial charge is 0.306 e. The molecule has 0 atom stereocenters. The second-order valence-corrected chi connectivity index (χ2v) is 4.88. The molecule has 0 radical (unpaired) electrons. The van der Waals surface area contributed by atoms with E-state index in [1.165, 1.54) is 11.3 Å². The first kappa shape index (κ1) is 12.4. The van der Waals surface area contributed by atoms with Crippen molar-refractivity contribution in [1.29, 1.82) is 0 Å². The molecule has 0 aromatic carbocycles. The van der Waals surface area contributed by atoms with Gasteiger partial charge in [-0.3, -0.25) is 9.88 Å². The molecule has 3 aromatic rings. The fourth-order valence-corrected chi connectivity index (χ4v) is 2.24. The van der Waals surface area contributed by atoms with Crippen LogP contribution in [0.3, 0.4) is 0 Å². The minimum atomic E-state index is -0.287. The Morgan fingerprint density at radius 1 is 1.25 bits per heavy atom. The van der Waals surface area contributed by atoms with Gasteiger partial charge >= 0.3 is 6.03 Å². The molecule has 0 fully saturated rings. The Morgan fingerprint density at radius 2 is 2.20 bits per heavy atom. The van der Waals surface area contributed by atoms with Crippen molar-refractivity contribution in [2.75, 3.05) is 10.6 Å². The molecular weight excluding hydrogens is 274 g/mol. The second kappa shape index (κ2) is 5.54. The van der Waals surface area contributed by atoms with Gasteiger partial charge in [0.25, 0.3) is 0 Å². The van der Waals surface area contributed by atoms with Gasteiger partial charge in [0, 0.05) is 12.4 Å². The number of anilines is 2. The maximum atomic E-state index is 11.7. The number of hydrogen-bond donors (Lipinski definition) is 2. The van der Waals surface area contributed by atoms with E-state index >= 15 is 0 Å². The van der Waals surface area contributed by atoms with Gasteiger partial charge in [-0.1, -0.05) is 0 Å². The molecule has 0 spiro atoms. The third kappa shape index (κ3) is 2.83. The fourth-order valence-electron chi connectivity index (χ4n) is 1.63. The van der Waals surface area contributed by atoms with Crippen LogP contribution in [0.25, 0.3) is 5.82 Å². The predicted molar refractivity (Wildman–Crippen MR) is 78.3 cm³/mol. The van der Waals surface area contributed by atoms with Gasteiger partial charge in [0.2, 0.25) is 0 Å². The van der Waals surface area contributed by atoms with E-state index in [4.69, 9.17) is 0 Å². The first-order valence-corrected chi connectivity index (χ1v) is 6.75. The molecule has 3 aromatic heterocycles. The van der Waals surface area contributed by atoms with E-state index in [0.29, 0.717) is 5.69 Å². The Morgan fingerprint density at radius 3 is 2.85 bits per heavy atom. The molecule has 0 aliphatic rings. The van der Waals surface area contributed by atoms with Crippen molar-refractivity contribution in [3.63, 3.8) is 0 Å². The zero-order valence-electron chi connectivity index (χ0n) is 10.4. The lowest BCUT2D eigenvalue weighted by atomic mass is 10.4. The SMILES string of the molecule is O=C(Nc1ccc(-n2ccnc2)nc1)Nc1cccs1. The van der Waals surface area contributed by atoms with Crippen LogP contribution in [0.15, 0.2) is 54.6 Å². The molecule has 0 saturated heterocycles. The summed E-state index contributed by atoms with van der Waals surface area (Å²) < 4.78 is 1.79. The average Bonchev–Trinajstić information content (AvgIpc) is 3.12. The summed E-state index contributed by atoms with van der Waals surface area (Å²) in [6.07, 6.45) is 6.75. The number of thiophene rings is 1. The molecule has 0 unspecified atom stereocenters. The van der Waals surface area contributed by atoms with Gasteiger partial charge in [-0.25, -0.2) is 14.8 Å². The monoisotopic (exact) mass is 285 g/mol. The van der Waals surface area contributed by atoms with Gasteiger partial charge in [0.1, 0.15) is 12.1 Å². The van der Waals surface area contributed by atoms with Crippen LogP contribution in [0, 0.1) is 0 Å². The maximum absolute atomic E-state index is 11.7. The van der Waals surface area contributed by atoms with Crippen LogP contribution in [0.4, 0.5) is 15.5 Å². The third-order valence-electron chi connectivity index (χ3n) is 2.53. The molecule has 2 N–H and O–H groups in total. The lowest BCUT2D eigenvalue weighted by Gasteiger charge is -2.06. The highest BCUT2D eigenvalue weighted by atomic mass is 32.1. The molecule has 6 nitrogen and oxygen atoms in total. The van der Waals surface area contributed by atoms with Crippen molar-refractivity contribution in [2.45, 2.75) is 0 Å². The van der Waals surface area contributed by atoms with E-state index in [9.17, 15) is 4.79 Å². The third-order valence-corrected chi connectivity index (χ3v) is 3.32. The number of rotatable bonds is 3. The van der Waals surface area contributed by atoms with Crippen molar-refractivity contribution in [2.24, 2.45) is 0 Å². The number of pyridine rings is 1. The van der Waals surface area contributed by atoms with E-state index in [-0.39, 0.29) is 6.03 Å². The number of hydrogen-bond acceptors (Lipinski definition) is 4. The summed E-state index contributed by atoms with van der Waals surface area (Å²) in [4.78, 5) is 19.9. The molecule has 0 aliphatic heterocycles. The van der Waals surface area contributed by atoms with Crippen LogP contribution in [-0.4, -0.2) is 20.6 Å². The van der Waals surface area contributed by atoms with E-state index in [1.54, 1.807) is 35.6 Å². The summed E-state index contributed by atoms with van der Waals surface area (Å²) in [6, 6.07) is 7.02. The summed E-state index contributed by atoms with van der Waals surface area (Å²) in [5, 5.41) is 8.16. The van der Waals surface area contributed by atoms with Crippen molar-refractivity contribution in [3.8, 4) is 5.82 Å². The number of imidazole rings is 1. The van der Waals surface area contributed by atoms with Crippen molar-refractivity contribution in [3.05, 3.63) is 54.6 Å². The van der Waals surface area contributed by atoms with Gasteiger partial charge in [-0.2, -0.15) is 0 Å².